The third-order valence-electron chi connectivity index (χ3n) is 0.349. The Labute approximate surface area is 38.6 Å². The first-order chi connectivity index (χ1) is 2.77. The van der Waals surface area contributed by atoms with Gasteiger partial charge in [-0.25, -0.2) is 0 Å². The second kappa shape index (κ2) is 2.55. The second-order valence-electron chi connectivity index (χ2n) is 1.30. The minimum atomic E-state index is 1.76. The fourth-order valence-corrected chi connectivity index (χ4v) is 0.183. The molecule has 0 unspecified atom stereocenters. The Bertz CT molecular complexity index is 68.0. The van der Waals surface area contributed by atoms with Gasteiger partial charge in [0.1, 0.15) is 0 Å². The van der Waals surface area contributed by atoms with Crippen molar-refractivity contribution in [1.29, 1.82) is 0 Å². The minimum absolute atomic E-state index is 1.76. The minimum Gasteiger partial charge on any atom is -0.377 e. The lowest BCUT2D eigenvalue weighted by molar-refractivity contribution is 0.565. The van der Waals surface area contributed by atoms with Crippen molar-refractivity contribution < 1.29 is 0 Å². The Kier molecular flexibility index (Phi) is 2.26. The van der Waals surface area contributed by atoms with Crippen molar-refractivity contribution in [2.45, 2.75) is 0 Å². The van der Waals surface area contributed by atoms with Crippen molar-refractivity contribution in [2.24, 2.45) is 0 Å². The molecule has 6 heavy (non-hydrogen) atoms. The summed E-state index contributed by atoms with van der Waals surface area (Å²) in [6.07, 6.45) is 1.76. The molecule has 0 atom stereocenters. The topological polar surface area (TPSA) is 3.24 Å². The lowest BCUT2D eigenvalue weighted by Crippen LogP contribution is -1.98. The molecule has 0 saturated heterocycles. The summed E-state index contributed by atoms with van der Waals surface area (Å²) in [4.78, 5) is 1.88. The Morgan fingerprint density at radius 2 is 2.17 bits per heavy atom. The first kappa shape index (κ1) is 5.32. The molecule has 34 valence electrons. The van der Waals surface area contributed by atoms with Crippen LogP contribution >= 0.6 is 0 Å². The van der Waals surface area contributed by atoms with Gasteiger partial charge in [-0.05, 0) is 0 Å². The lowest BCUT2D eigenvalue weighted by atomic mass is 10.8. The monoisotopic (exact) mass is 83.1 g/mol. The zero-order chi connectivity index (χ0) is 4.99. The third kappa shape index (κ3) is 3.32. The second-order valence-corrected chi connectivity index (χ2v) is 1.30. The molecule has 0 heterocycles. The molecule has 0 spiro atoms. The summed E-state index contributed by atoms with van der Waals surface area (Å²) in [5, 5.41) is 0. The van der Waals surface area contributed by atoms with E-state index in [0.29, 0.717) is 0 Å². The highest BCUT2D eigenvalue weighted by molar-refractivity contribution is 4.71. The first-order valence-electron chi connectivity index (χ1n) is 1.79. The average molecular weight is 83.1 g/mol. The van der Waals surface area contributed by atoms with Gasteiger partial charge in [0.05, 0.1) is 0 Å². The van der Waals surface area contributed by atoms with Crippen LogP contribution in [0.3, 0.4) is 0 Å². The van der Waals surface area contributed by atoms with E-state index < -0.39 is 0 Å². The summed E-state index contributed by atoms with van der Waals surface area (Å²) < 4.78 is 0. The van der Waals surface area contributed by atoms with Crippen LogP contribution in [0.15, 0.2) is 18.5 Å². The van der Waals surface area contributed by atoms with Gasteiger partial charge >= 0.3 is 0 Å². The number of nitrogens with zero attached hydrogens (tertiary/aromatic N) is 1. The van der Waals surface area contributed by atoms with E-state index in [9.17, 15) is 0 Å². The molecule has 0 bridgehead atoms. The molecule has 1 nitrogen and oxygen atoms in total. The van der Waals surface area contributed by atoms with Crippen LogP contribution < -0.4 is 0 Å². The highest BCUT2D eigenvalue weighted by Gasteiger charge is 1.64. The molecule has 0 aliphatic carbocycles. The maximum Gasteiger partial charge on any atom is 0.0412 e. The van der Waals surface area contributed by atoms with Crippen LogP contribution in [-0.2, 0) is 0 Å². The molecule has 0 N–H and O–H groups in total. The number of hydrogen-bond acceptors (Lipinski definition) is 1. The van der Waals surface area contributed by atoms with Gasteiger partial charge in [-0.1, -0.05) is 6.58 Å². The Balaban J connectivity index is 3.29. The lowest BCUT2D eigenvalue weighted by Gasteiger charge is -1.97. The molecule has 0 rings (SSSR count). The van der Waals surface area contributed by atoms with Crippen molar-refractivity contribution in [3.8, 4) is 0 Å². The van der Waals surface area contributed by atoms with Crippen LogP contribution in [0.4, 0.5) is 0 Å². The van der Waals surface area contributed by atoms with E-state index in [0.717, 1.165) is 0 Å². The Hall–Kier alpha value is -0.680. The zero-order valence-electron chi connectivity index (χ0n) is 4.23. The molecule has 0 aromatic rings. The van der Waals surface area contributed by atoms with Gasteiger partial charge in [0.25, 0.3) is 0 Å². The molecule has 0 radical (unpaired) electrons. The predicted octanol–water partition coefficient (Wildman–Crippen LogP) is 0.847. The van der Waals surface area contributed by atoms with E-state index in [1.54, 1.807) is 6.20 Å². The molecule has 0 fully saturated rings. The van der Waals surface area contributed by atoms with E-state index in [1.165, 1.54) is 0 Å². The maximum absolute atomic E-state index is 3.38. The fraction of sp³-hybridized carbons (Fsp3) is 0.400. The van der Waals surface area contributed by atoms with Crippen LogP contribution in [0, 0.1) is 0 Å². The SMILES string of the molecule is C=C=CN(C)C. The number of hydrogen-bond donors (Lipinski definition) is 0. The van der Waals surface area contributed by atoms with E-state index in [4.69, 9.17) is 0 Å². The summed E-state index contributed by atoms with van der Waals surface area (Å²) >= 11 is 0. The Morgan fingerprint density at radius 3 is 2.17 bits per heavy atom. The van der Waals surface area contributed by atoms with Crippen LogP contribution in [0.5, 0.6) is 0 Å². The van der Waals surface area contributed by atoms with Gasteiger partial charge in [0.2, 0.25) is 0 Å². The highest BCUT2D eigenvalue weighted by Crippen LogP contribution is 1.67. The van der Waals surface area contributed by atoms with Crippen molar-refractivity contribution >= 4 is 0 Å². The molecular formula is C5H9N. The standard InChI is InChI=1S/C5H9N/c1-4-5-6(2)3/h5H,1H2,2-3H3. The van der Waals surface area contributed by atoms with E-state index in [2.05, 4.69) is 12.3 Å². The van der Waals surface area contributed by atoms with Crippen molar-refractivity contribution in [3.63, 3.8) is 0 Å². The summed E-state index contributed by atoms with van der Waals surface area (Å²) in [6, 6.07) is 0. The van der Waals surface area contributed by atoms with E-state index in [1.807, 2.05) is 19.0 Å². The molecule has 0 amide bonds. The summed E-state index contributed by atoms with van der Waals surface area (Å²) in [5.74, 6) is 0. The summed E-state index contributed by atoms with van der Waals surface area (Å²) in [7, 11) is 3.86. The molecule has 0 aliphatic rings. The van der Waals surface area contributed by atoms with Crippen LogP contribution in [-0.4, -0.2) is 19.0 Å². The van der Waals surface area contributed by atoms with Gasteiger partial charge in [0, 0.05) is 20.3 Å². The summed E-state index contributed by atoms with van der Waals surface area (Å²) in [6.45, 7) is 3.38. The largest absolute Gasteiger partial charge is 0.377 e. The molecule has 1 heteroatoms. The average Bonchev–Trinajstić information content (AvgIpc) is 1.35. The van der Waals surface area contributed by atoms with Crippen molar-refractivity contribution in [1.82, 2.24) is 4.90 Å². The molecule has 0 aliphatic heterocycles. The van der Waals surface area contributed by atoms with Crippen LogP contribution in [0.2, 0.25) is 0 Å². The predicted molar refractivity (Wildman–Crippen MR) is 27.4 cm³/mol. The van der Waals surface area contributed by atoms with Crippen LogP contribution in [0.25, 0.3) is 0 Å². The summed E-state index contributed by atoms with van der Waals surface area (Å²) in [5.41, 5.74) is 2.62. The first-order valence-corrected chi connectivity index (χ1v) is 1.79. The smallest absolute Gasteiger partial charge is 0.0412 e. The highest BCUT2D eigenvalue weighted by atomic mass is 15.0. The molecule has 0 aromatic heterocycles. The fourth-order valence-electron chi connectivity index (χ4n) is 0.183. The third-order valence-corrected chi connectivity index (χ3v) is 0.349. The maximum atomic E-state index is 3.38. The van der Waals surface area contributed by atoms with E-state index >= 15 is 0 Å². The normalized spacial score (nSPS) is 6.33. The zero-order valence-corrected chi connectivity index (χ0v) is 4.23. The van der Waals surface area contributed by atoms with Crippen molar-refractivity contribution in [3.05, 3.63) is 18.5 Å². The van der Waals surface area contributed by atoms with Gasteiger partial charge in [-0.15, -0.1) is 5.73 Å². The number of rotatable bonds is 1. The molecular weight excluding hydrogens is 74.1 g/mol. The Morgan fingerprint density at radius 1 is 1.67 bits per heavy atom. The molecule has 0 saturated carbocycles. The van der Waals surface area contributed by atoms with Gasteiger partial charge in [0.15, 0.2) is 0 Å². The quantitative estimate of drug-likeness (QED) is 0.425. The van der Waals surface area contributed by atoms with Crippen molar-refractivity contribution in [2.75, 3.05) is 14.1 Å². The van der Waals surface area contributed by atoms with E-state index in [-0.39, 0.29) is 0 Å². The van der Waals surface area contributed by atoms with Gasteiger partial charge in [-0.2, -0.15) is 0 Å². The van der Waals surface area contributed by atoms with Gasteiger partial charge < -0.3 is 4.90 Å². The van der Waals surface area contributed by atoms with Crippen LogP contribution in [0.1, 0.15) is 0 Å². The van der Waals surface area contributed by atoms with Gasteiger partial charge in [-0.3, -0.25) is 0 Å². The molecule has 0 aromatic carbocycles.